The van der Waals surface area contributed by atoms with Crippen molar-refractivity contribution in [2.24, 2.45) is 0 Å². The Morgan fingerprint density at radius 1 is 0.565 bits per heavy atom. The molecule has 0 aliphatic rings. The minimum absolute atomic E-state index is 0.101. The summed E-state index contributed by atoms with van der Waals surface area (Å²) in [4.78, 5) is 76.8. The molecule has 4 heterocycles. The predicted molar refractivity (Wildman–Crippen MR) is 169 cm³/mol. The first-order valence-corrected chi connectivity index (χ1v) is 14.5. The molecule has 0 aliphatic carbocycles. The van der Waals surface area contributed by atoms with Gasteiger partial charge < -0.3 is 20.6 Å². The van der Waals surface area contributed by atoms with E-state index in [0.717, 1.165) is 11.1 Å². The van der Waals surface area contributed by atoms with Crippen LogP contribution in [0.3, 0.4) is 0 Å². The fourth-order valence-corrected chi connectivity index (χ4v) is 4.35. The molecule has 2 amide bonds. The van der Waals surface area contributed by atoms with Crippen molar-refractivity contribution in [1.82, 2.24) is 50.5 Å². The Balaban J connectivity index is 0.000000181. The lowest BCUT2D eigenvalue weighted by Gasteiger charge is -2.05. The molecule has 6 rings (SSSR count). The van der Waals surface area contributed by atoms with E-state index in [0.29, 0.717) is 37.3 Å². The smallest absolute Gasteiger partial charge is 0.279 e. The largest absolute Gasteiger partial charge is 0.349 e. The molecule has 0 radical (unpaired) electrons. The van der Waals surface area contributed by atoms with E-state index in [4.69, 9.17) is 0 Å². The summed E-state index contributed by atoms with van der Waals surface area (Å²) in [6.07, 6.45) is 7.89. The zero-order valence-corrected chi connectivity index (χ0v) is 24.6. The summed E-state index contributed by atoms with van der Waals surface area (Å²) in [6.45, 7) is 0.296. The van der Waals surface area contributed by atoms with Crippen molar-refractivity contribution in [3.63, 3.8) is 0 Å². The number of nitrogens with one attached hydrogen (secondary N) is 4. The molecule has 0 unspecified atom stereocenters. The van der Waals surface area contributed by atoms with Crippen LogP contribution in [0, 0.1) is 0 Å². The van der Waals surface area contributed by atoms with Crippen molar-refractivity contribution in [3.05, 3.63) is 129 Å². The predicted octanol–water partition coefficient (Wildman–Crippen LogP) is 1.92. The zero-order chi connectivity index (χ0) is 32.1. The SMILES string of the molecule is O=C(CCc1ccccc1)NCc1nc2nccnc2c(=O)[nH]1.O=C(CCc1ccccc1)NCc1nc2nccnc2c(=O)[nH]1. The maximum absolute atomic E-state index is 11.9. The highest BCUT2D eigenvalue weighted by Crippen LogP contribution is 2.04. The molecule has 0 aliphatic heterocycles. The van der Waals surface area contributed by atoms with Gasteiger partial charge in [0.2, 0.25) is 11.8 Å². The fraction of sp³-hybridized carbons (Fsp3) is 0.188. The van der Waals surface area contributed by atoms with Gasteiger partial charge in [0.1, 0.15) is 11.6 Å². The summed E-state index contributed by atoms with van der Waals surface area (Å²) in [5.74, 6) is 0.513. The number of rotatable bonds is 10. The van der Waals surface area contributed by atoms with Crippen LogP contribution in [-0.4, -0.2) is 51.7 Å². The molecular formula is C32H30N10O4. The number of fused-ring (bicyclic) bond motifs is 2. The number of amides is 2. The van der Waals surface area contributed by atoms with E-state index < -0.39 is 0 Å². The Labute approximate surface area is 261 Å². The quantitative estimate of drug-likeness (QED) is 0.176. The van der Waals surface area contributed by atoms with Crippen molar-refractivity contribution in [2.45, 2.75) is 38.8 Å². The summed E-state index contributed by atoms with van der Waals surface area (Å²) in [5.41, 5.74) is 2.39. The van der Waals surface area contributed by atoms with Gasteiger partial charge in [0.25, 0.3) is 11.1 Å². The van der Waals surface area contributed by atoms with Crippen molar-refractivity contribution in [3.8, 4) is 0 Å². The van der Waals surface area contributed by atoms with E-state index in [1.54, 1.807) is 0 Å². The highest BCUT2D eigenvalue weighted by molar-refractivity contribution is 5.76. The van der Waals surface area contributed by atoms with E-state index >= 15 is 0 Å². The van der Waals surface area contributed by atoms with Gasteiger partial charge in [-0.15, -0.1) is 0 Å². The van der Waals surface area contributed by atoms with Crippen LogP contribution < -0.4 is 21.8 Å². The van der Waals surface area contributed by atoms with Crippen LogP contribution >= 0.6 is 0 Å². The number of aromatic amines is 2. The average molecular weight is 619 g/mol. The van der Waals surface area contributed by atoms with Crippen molar-refractivity contribution in [2.75, 3.05) is 0 Å². The lowest BCUT2D eigenvalue weighted by molar-refractivity contribution is -0.122. The maximum Gasteiger partial charge on any atom is 0.279 e. The van der Waals surface area contributed by atoms with Gasteiger partial charge in [-0.3, -0.25) is 19.2 Å². The molecule has 14 heteroatoms. The van der Waals surface area contributed by atoms with Gasteiger partial charge in [0.15, 0.2) is 22.3 Å². The number of aryl methyl sites for hydroxylation is 2. The standard InChI is InChI=1S/2C16H15N5O2/c2*22-13(7-6-11-4-2-1-3-5-11)19-10-12-20-15-14(16(23)21-12)17-8-9-18-15/h2*1-5,8-9H,6-7,10H2,(H,19,22)(H,18,20,21,23). The second-order valence-electron chi connectivity index (χ2n) is 10.0. The lowest BCUT2D eigenvalue weighted by Crippen LogP contribution is -2.26. The van der Waals surface area contributed by atoms with Crippen molar-refractivity contribution < 1.29 is 9.59 Å². The van der Waals surface area contributed by atoms with Crippen molar-refractivity contribution >= 4 is 34.1 Å². The summed E-state index contributed by atoms with van der Waals surface area (Å²) in [6, 6.07) is 19.6. The number of carbonyl (C=O) groups excluding carboxylic acids is 2. The lowest BCUT2D eigenvalue weighted by atomic mass is 10.1. The maximum atomic E-state index is 11.9. The summed E-state index contributed by atoms with van der Waals surface area (Å²) in [5, 5.41) is 5.48. The van der Waals surface area contributed by atoms with Gasteiger partial charge in [-0.25, -0.2) is 29.9 Å². The summed E-state index contributed by atoms with van der Waals surface area (Å²) in [7, 11) is 0. The molecule has 0 spiro atoms. The van der Waals surface area contributed by atoms with Gasteiger partial charge in [0, 0.05) is 37.6 Å². The van der Waals surface area contributed by atoms with E-state index in [1.165, 1.54) is 24.8 Å². The molecule has 0 saturated carbocycles. The topological polar surface area (TPSA) is 201 Å². The van der Waals surface area contributed by atoms with Gasteiger partial charge in [-0.1, -0.05) is 60.7 Å². The first-order valence-electron chi connectivity index (χ1n) is 14.5. The van der Waals surface area contributed by atoms with Crippen LogP contribution in [0.5, 0.6) is 0 Å². The van der Waals surface area contributed by atoms with E-state index in [1.807, 2.05) is 60.7 Å². The van der Waals surface area contributed by atoms with E-state index in [2.05, 4.69) is 50.5 Å². The molecule has 232 valence electrons. The summed E-state index contributed by atoms with van der Waals surface area (Å²) < 4.78 is 0. The normalized spacial score (nSPS) is 10.6. The van der Waals surface area contributed by atoms with Crippen LogP contribution in [0.1, 0.15) is 35.6 Å². The second kappa shape index (κ2) is 15.5. The molecule has 0 bridgehead atoms. The second-order valence-corrected chi connectivity index (χ2v) is 10.0. The average Bonchev–Trinajstić information content (AvgIpc) is 3.09. The molecule has 6 aromatic rings. The Hall–Kier alpha value is -6.18. The molecule has 0 fully saturated rings. The molecule has 4 aromatic heterocycles. The van der Waals surface area contributed by atoms with Crippen LogP contribution in [0.25, 0.3) is 22.3 Å². The Kier molecular flexibility index (Phi) is 10.5. The monoisotopic (exact) mass is 618 g/mol. The number of H-pyrrole nitrogens is 2. The van der Waals surface area contributed by atoms with Crippen LogP contribution in [0.15, 0.2) is 95.0 Å². The third-order valence-corrected chi connectivity index (χ3v) is 6.66. The molecular weight excluding hydrogens is 588 g/mol. The molecule has 0 saturated heterocycles. The highest BCUT2D eigenvalue weighted by atomic mass is 16.2. The van der Waals surface area contributed by atoms with Gasteiger partial charge in [-0.2, -0.15) is 0 Å². The first-order chi connectivity index (χ1) is 22.4. The van der Waals surface area contributed by atoms with Crippen LogP contribution in [0.2, 0.25) is 0 Å². The van der Waals surface area contributed by atoms with Gasteiger partial charge in [0.05, 0.1) is 13.1 Å². The molecule has 14 nitrogen and oxygen atoms in total. The third-order valence-electron chi connectivity index (χ3n) is 6.66. The first kappa shape index (κ1) is 31.3. The molecule has 4 N–H and O–H groups in total. The van der Waals surface area contributed by atoms with Gasteiger partial charge in [-0.05, 0) is 24.0 Å². The minimum atomic E-state index is -0.364. The minimum Gasteiger partial charge on any atom is -0.349 e. The number of benzene rings is 2. The fourth-order valence-electron chi connectivity index (χ4n) is 4.35. The molecule has 46 heavy (non-hydrogen) atoms. The van der Waals surface area contributed by atoms with Gasteiger partial charge >= 0.3 is 0 Å². The number of nitrogens with zero attached hydrogens (tertiary/aromatic N) is 6. The Morgan fingerprint density at radius 2 is 0.957 bits per heavy atom. The van der Waals surface area contributed by atoms with Crippen molar-refractivity contribution in [1.29, 1.82) is 0 Å². The van der Waals surface area contributed by atoms with E-state index in [9.17, 15) is 19.2 Å². The Morgan fingerprint density at radius 3 is 1.37 bits per heavy atom. The number of hydrogen-bond acceptors (Lipinski definition) is 10. The molecule has 0 atom stereocenters. The highest BCUT2D eigenvalue weighted by Gasteiger charge is 2.09. The number of aromatic nitrogens is 8. The third kappa shape index (κ3) is 8.92. The van der Waals surface area contributed by atoms with Crippen LogP contribution in [-0.2, 0) is 35.5 Å². The zero-order valence-electron chi connectivity index (χ0n) is 24.6. The van der Waals surface area contributed by atoms with E-state index in [-0.39, 0.29) is 58.4 Å². The Bertz CT molecular complexity index is 1900. The molecule has 2 aromatic carbocycles. The summed E-state index contributed by atoms with van der Waals surface area (Å²) >= 11 is 0. The number of hydrogen-bond donors (Lipinski definition) is 4. The number of carbonyl (C=O) groups is 2. The van der Waals surface area contributed by atoms with Crippen LogP contribution in [0.4, 0.5) is 0 Å².